The van der Waals surface area contributed by atoms with Crippen LogP contribution in [0.3, 0.4) is 0 Å². The van der Waals surface area contributed by atoms with Crippen LogP contribution in [-0.4, -0.2) is 50.1 Å². The van der Waals surface area contributed by atoms with E-state index in [9.17, 15) is 4.79 Å². The van der Waals surface area contributed by atoms with Crippen LogP contribution in [0.1, 0.15) is 19.8 Å². The Morgan fingerprint density at radius 3 is 2.93 bits per heavy atom. The second kappa shape index (κ2) is 5.98. The van der Waals surface area contributed by atoms with Gasteiger partial charge >= 0.3 is 0 Å². The smallest absolute Gasteiger partial charge is 0.234 e. The molecule has 0 spiro atoms. The largest absolute Gasteiger partial charge is 0.355 e. The van der Waals surface area contributed by atoms with Crippen molar-refractivity contribution in [2.24, 2.45) is 0 Å². The maximum atomic E-state index is 11.4. The van der Waals surface area contributed by atoms with E-state index in [2.05, 4.69) is 22.5 Å². The zero-order chi connectivity index (χ0) is 10.4. The van der Waals surface area contributed by atoms with Gasteiger partial charge in [-0.05, 0) is 19.9 Å². The van der Waals surface area contributed by atoms with Gasteiger partial charge in [-0.3, -0.25) is 9.69 Å². The number of hydrogen-bond donors (Lipinski definition) is 2. The predicted molar refractivity (Wildman–Crippen MR) is 57.2 cm³/mol. The molecule has 1 unspecified atom stereocenters. The zero-order valence-corrected chi connectivity index (χ0v) is 9.18. The van der Waals surface area contributed by atoms with Crippen molar-refractivity contribution in [3.05, 3.63) is 0 Å². The highest BCUT2D eigenvalue weighted by atomic mass is 16.2. The monoisotopic (exact) mass is 199 g/mol. The Bertz CT molecular complexity index is 184. The van der Waals surface area contributed by atoms with Crippen LogP contribution in [0.25, 0.3) is 0 Å². The molecular formula is C10H21N3O. The molecule has 0 radical (unpaired) electrons. The number of carbonyl (C=O) groups is 1. The van der Waals surface area contributed by atoms with Gasteiger partial charge in [0, 0.05) is 25.7 Å². The highest BCUT2D eigenvalue weighted by Gasteiger charge is 2.22. The summed E-state index contributed by atoms with van der Waals surface area (Å²) in [4.78, 5) is 13.6. The molecule has 14 heavy (non-hydrogen) atoms. The van der Waals surface area contributed by atoms with E-state index in [1.165, 1.54) is 0 Å². The van der Waals surface area contributed by atoms with Gasteiger partial charge in [0.1, 0.15) is 0 Å². The molecule has 1 heterocycles. The summed E-state index contributed by atoms with van der Waals surface area (Å²) in [5.41, 5.74) is 0. The van der Waals surface area contributed by atoms with Gasteiger partial charge in [-0.15, -0.1) is 0 Å². The van der Waals surface area contributed by atoms with Gasteiger partial charge in [0.25, 0.3) is 0 Å². The molecule has 1 aliphatic heterocycles. The fraction of sp³-hybridized carbons (Fsp3) is 0.900. The fourth-order valence-electron chi connectivity index (χ4n) is 1.74. The van der Waals surface area contributed by atoms with Crippen LogP contribution < -0.4 is 10.6 Å². The standard InChI is InChI=1S/C10H21N3O/c1-3-5-12-10(14)8-13-6-4-9(7-13)11-2/h9,11H,3-8H2,1-2H3,(H,12,14). The summed E-state index contributed by atoms with van der Waals surface area (Å²) < 4.78 is 0. The molecule has 2 N–H and O–H groups in total. The van der Waals surface area contributed by atoms with Crippen LogP contribution in [0.5, 0.6) is 0 Å². The quantitative estimate of drug-likeness (QED) is 0.645. The summed E-state index contributed by atoms with van der Waals surface area (Å²) in [5, 5.41) is 6.13. The van der Waals surface area contributed by atoms with E-state index >= 15 is 0 Å². The van der Waals surface area contributed by atoms with Crippen molar-refractivity contribution in [1.29, 1.82) is 0 Å². The van der Waals surface area contributed by atoms with Crippen molar-refractivity contribution < 1.29 is 4.79 Å². The zero-order valence-electron chi connectivity index (χ0n) is 9.18. The van der Waals surface area contributed by atoms with Crippen LogP contribution in [-0.2, 0) is 4.79 Å². The first-order chi connectivity index (χ1) is 6.76. The molecule has 1 atom stereocenters. The van der Waals surface area contributed by atoms with Crippen LogP contribution in [0.4, 0.5) is 0 Å². The van der Waals surface area contributed by atoms with Crippen molar-refractivity contribution in [2.45, 2.75) is 25.8 Å². The van der Waals surface area contributed by atoms with E-state index in [1.807, 2.05) is 7.05 Å². The van der Waals surface area contributed by atoms with Crippen molar-refractivity contribution in [1.82, 2.24) is 15.5 Å². The molecule has 82 valence electrons. The van der Waals surface area contributed by atoms with E-state index < -0.39 is 0 Å². The van der Waals surface area contributed by atoms with E-state index in [0.29, 0.717) is 12.6 Å². The van der Waals surface area contributed by atoms with Crippen LogP contribution in [0.15, 0.2) is 0 Å². The Kier molecular flexibility index (Phi) is 4.90. The molecule has 0 bridgehead atoms. The second-order valence-corrected chi connectivity index (χ2v) is 3.86. The van der Waals surface area contributed by atoms with Crippen LogP contribution in [0.2, 0.25) is 0 Å². The average molecular weight is 199 g/mol. The lowest BCUT2D eigenvalue weighted by Gasteiger charge is -2.15. The van der Waals surface area contributed by atoms with Gasteiger partial charge in [-0.2, -0.15) is 0 Å². The second-order valence-electron chi connectivity index (χ2n) is 3.86. The van der Waals surface area contributed by atoms with Gasteiger partial charge in [0.05, 0.1) is 6.54 Å². The third-order valence-corrected chi connectivity index (χ3v) is 2.62. The summed E-state index contributed by atoms with van der Waals surface area (Å²) in [7, 11) is 1.98. The topological polar surface area (TPSA) is 44.4 Å². The highest BCUT2D eigenvalue weighted by Crippen LogP contribution is 2.07. The van der Waals surface area contributed by atoms with Crippen LogP contribution >= 0.6 is 0 Å². The van der Waals surface area contributed by atoms with Crippen molar-refractivity contribution in [3.8, 4) is 0 Å². The molecule has 1 amide bonds. The molecule has 0 aromatic heterocycles. The van der Waals surface area contributed by atoms with Gasteiger partial charge in [-0.1, -0.05) is 6.92 Å². The summed E-state index contributed by atoms with van der Waals surface area (Å²) in [6, 6.07) is 0.564. The van der Waals surface area contributed by atoms with Crippen molar-refractivity contribution in [2.75, 3.05) is 33.2 Å². The number of likely N-dealkylation sites (tertiary alicyclic amines) is 1. The number of amides is 1. The number of rotatable bonds is 5. The minimum Gasteiger partial charge on any atom is -0.355 e. The first-order valence-electron chi connectivity index (χ1n) is 5.42. The normalized spacial score (nSPS) is 22.6. The first-order valence-corrected chi connectivity index (χ1v) is 5.42. The molecule has 0 aromatic carbocycles. The Balaban J connectivity index is 2.15. The Morgan fingerprint density at radius 1 is 1.57 bits per heavy atom. The fourth-order valence-corrected chi connectivity index (χ4v) is 1.74. The van der Waals surface area contributed by atoms with Crippen molar-refractivity contribution in [3.63, 3.8) is 0 Å². The summed E-state index contributed by atoms with van der Waals surface area (Å²) in [5.74, 6) is 0.156. The van der Waals surface area contributed by atoms with Gasteiger partial charge < -0.3 is 10.6 Å². The molecule has 1 aliphatic rings. The molecular weight excluding hydrogens is 178 g/mol. The van der Waals surface area contributed by atoms with Gasteiger partial charge in [0.15, 0.2) is 0 Å². The summed E-state index contributed by atoms with van der Waals surface area (Å²) >= 11 is 0. The number of carbonyl (C=O) groups excluding carboxylic acids is 1. The number of hydrogen-bond acceptors (Lipinski definition) is 3. The number of likely N-dealkylation sites (N-methyl/N-ethyl adjacent to an activating group) is 1. The third-order valence-electron chi connectivity index (χ3n) is 2.62. The maximum absolute atomic E-state index is 11.4. The molecule has 4 heteroatoms. The van der Waals surface area contributed by atoms with Gasteiger partial charge in [-0.25, -0.2) is 0 Å². The SMILES string of the molecule is CCCNC(=O)CN1CCC(NC)C1. The summed E-state index contributed by atoms with van der Waals surface area (Å²) in [6.07, 6.45) is 2.16. The maximum Gasteiger partial charge on any atom is 0.234 e. The van der Waals surface area contributed by atoms with E-state index in [-0.39, 0.29) is 5.91 Å². The molecule has 1 rings (SSSR count). The number of nitrogens with one attached hydrogen (secondary N) is 2. The minimum absolute atomic E-state index is 0.156. The van der Waals surface area contributed by atoms with E-state index in [1.54, 1.807) is 0 Å². The van der Waals surface area contributed by atoms with Gasteiger partial charge in [0.2, 0.25) is 5.91 Å². The predicted octanol–water partition coefficient (Wildman–Crippen LogP) is -0.194. The average Bonchev–Trinajstić information content (AvgIpc) is 2.62. The molecule has 1 saturated heterocycles. The van der Waals surface area contributed by atoms with E-state index in [4.69, 9.17) is 0 Å². The lowest BCUT2D eigenvalue weighted by Crippen LogP contribution is -2.38. The first kappa shape index (κ1) is 11.5. The Morgan fingerprint density at radius 2 is 2.36 bits per heavy atom. The lowest BCUT2D eigenvalue weighted by molar-refractivity contribution is -0.122. The minimum atomic E-state index is 0.156. The lowest BCUT2D eigenvalue weighted by atomic mass is 10.3. The highest BCUT2D eigenvalue weighted by molar-refractivity contribution is 5.78. The molecule has 1 fully saturated rings. The summed E-state index contributed by atoms with van der Waals surface area (Å²) in [6.45, 7) is 5.44. The van der Waals surface area contributed by atoms with Crippen molar-refractivity contribution >= 4 is 5.91 Å². The molecule has 4 nitrogen and oxygen atoms in total. The molecule has 0 aliphatic carbocycles. The third kappa shape index (κ3) is 3.64. The Labute approximate surface area is 86.0 Å². The van der Waals surface area contributed by atoms with E-state index in [0.717, 1.165) is 32.5 Å². The molecule has 0 saturated carbocycles. The Hall–Kier alpha value is -0.610. The van der Waals surface area contributed by atoms with Crippen LogP contribution in [0, 0.1) is 0 Å². The number of nitrogens with zero attached hydrogens (tertiary/aromatic N) is 1. The molecule has 0 aromatic rings.